The molecule has 1 saturated heterocycles. The van der Waals surface area contributed by atoms with Crippen molar-refractivity contribution < 1.29 is 9.13 Å². The largest absolute Gasteiger partial charge is 0.490 e. The Morgan fingerprint density at radius 2 is 2.11 bits per heavy atom. The molecule has 0 aromatic heterocycles. The van der Waals surface area contributed by atoms with E-state index < -0.39 is 0 Å². The number of nitrogens with one attached hydrogen (secondary N) is 1. The summed E-state index contributed by atoms with van der Waals surface area (Å²) in [5.74, 6) is 1.56. The van der Waals surface area contributed by atoms with Crippen LogP contribution in [0, 0.1) is 17.7 Å². The number of ether oxygens (including phenoxy) is 1. The molecule has 0 amide bonds. The summed E-state index contributed by atoms with van der Waals surface area (Å²) in [7, 11) is 0. The normalized spacial score (nSPS) is 23.3. The third-order valence-corrected chi connectivity index (χ3v) is 4.12. The molecule has 1 aliphatic heterocycles. The third-order valence-electron chi connectivity index (χ3n) is 4.12. The zero-order valence-corrected chi connectivity index (χ0v) is 11.3. The van der Waals surface area contributed by atoms with Crippen LogP contribution in [0.2, 0.25) is 0 Å². The molecule has 19 heavy (non-hydrogen) atoms. The lowest BCUT2D eigenvalue weighted by molar-refractivity contribution is 0.278. The molecule has 2 nitrogen and oxygen atoms in total. The summed E-state index contributed by atoms with van der Waals surface area (Å²) in [4.78, 5) is 0. The van der Waals surface area contributed by atoms with E-state index in [-0.39, 0.29) is 5.82 Å². The van der Waals surface area contributed by atoms with E-state index in [0.29, 0.717) is 24.2 Å². The number of hydrogen-bond donors (Lipinski definition) is 1. The van der Waals surface area contributed by atoms with Crippen LogP contribution in [0.3, 0.4) is 0 Å². The first kappa shape index (κ1) is 12.9. The number of para-hydroxylation sites is 1. The van der Waals surface area contributed by atoms with Crippen LogP contribution < -0.4 is 10.1 Å². The lowest BCUT2D eigenvalue weighted by Crippen LogP contribution is -2.31. The van der Waals surface area contributed by atoms with Crippen LogP contribution in [0.15, 0.2) is 18.2 Å². The van der Waals surface area contributed by atoms with Crippen LogP contribution in [-0.2, 0) is 6.42 Å². The summed E-state index contributed by atoms with van der Waals surface area (Å²) in [6, 6.07) is 5.32. The first-order valence-electron chi connectivity index (χ1n) is 7.44. The summed E-state index contributed by atoms with van der Waals surface area (Å²) in [6.07, 6.45) is 5.83. The van der Waals surface area contributed by atoms with E-state index in [1.165, 1.54) is 31.7 Å². The maximum Gasteiger partial charge on any atom is 0.165 e. The number of hydrogen-bond acceptors (Lipinski definition) is 2. The van der Waals surface area contributed by atoms with Crippen molar-refractivity contribution >= 4 is 0 Å². The van der Waals surface area contributed by atoms with E-state index >= 15 is 0 Å². The highest BCUT2D eigenvalue weighted by Gasteiger charge is 2.24. The van der Waals surface area contributed by atoms with Crippen molar-refractivity contribution in [2.45, 2.75) is 32.1 Å². The van der Waals surface area contributed by atoms with Crippen LogP contribution in [-0.4, -0.2) is 19.7 Å². The Hall–Kier alpha value is -1.09. The van der Waals surface area contributed by atoms with Gasteiger partial charge in [-0.05, 0) is 68.7 Å². The van der Waals surface area contributed by atoms with E-state index in [0.717, 1.165) is 25.1 Å². The Labute approximate surface area is 114 Å². The van der Waals surface area contributed by atoms with Crippen molar-refractivity contribution in [1.82, 2.24) is 5.32 Å². The van der Waals surface area contributed by atoms with Crippen LogP contribution in [0.5, 0.6) is 5.75 Å². The van der Waals surface area contributed by atoms with Crippen LogP contribution in [0.1, 0.15) is 31.2 Å². The van der Waals surface area contributed by atoms with Crippen molar-refractivity contribution in [3.63, 3.8) is 0 Å². The second-order valence-corrected chi connectivity index (χ2v) is 5.90. The Morgan fingerprint density at radius 3 is 2.84 bits per heavy atom. The van der Waals surface area contributed by atoms with Gasteiger partial charge in [-0.1, -0.05) is 12.1 Å². The van der Waals surface area contributed by atoms with Crippen molar-refractivity contribution in [3.05, 3.63) is 29.6 Å². The second kappa shape index (κ2) is 5.91. The van der Waals surface area contributed by atoms with Gasteiger partial charge >= 0.3 is 0 Å². The molecular weight excluding hydrogens is 241 g/mol. The predicted molar refractivity (Wildman–Crippen MR) is 73.9 cm³/mol. The highest BCUT2D eigenvalue weighted by Crippen LogP contribution is 2.32. The molecule has 1 aromatic carbocycles. The monoisotopic (exact) mass is 263 g/mol. The van der Waals surface area contributed by atoms with Crippen LogP contribution >= 0.6 is 0 Å². The molecule has 2 aliphatic rings. The summed E-state index contributed by atoms with van der Waals surface area (Å²) in [5, 5.41) is 3.41. The summed E-state index contributed by atoms with van der Waals surface area (Å²) in [6.45, 7) is 2.83. The quantitative estimate of drug-likeness (QED) is 0.881. The van der Waals surface area contributed by atoms with E-state index in [1.807, 2.05) is 6.07 Å². The summed E-state index contributed by atoms with van der Waals surface area (Å²) in [5.41, 5.74) is 1.04. The van der Waals surface area contributed by atoms with E-state index in [4.69, 9.17) is 4.74 Å². The highest BCUT2D eigenvalue weighted by molar-refractivity contribution is 5.35. The Kier molecular flexibility index (Phi) is 4.02. The number of halogens is 1. The molecule has 0 bridgehead atoms. The fourth-order valence-corrected chi connectivity index (χ4v) is 2.77. The van der Waals surface area contributed by atoms with Gasteiger partial charge in [0.15, 0.2) is 11.6 Å². The van der Waals surface area contributed by atoms with Gasteiger partial charge in [0, 0.05) is 0 Å². The second-order valence-electron chi connectivity index (χ2n) is 5.90. The van der Waals surface area contributed by atoms with Gasteiger partial charge < -0.3 is 10.1 Å². The Bertz CT molecular complexity index is 425. The van der Waals surface area contributed by atoms with E-state index in [2.05, 4.69) is 5.32 Å². The minimum atomic E-state index is -0.207. The van der Waals surface area contributed by atoms with Gasteiger partial charge in [0.1, 0.15) is 0 Å². The van der Waals surface area contributed by atoms with Gasteiger partial charge in [0.2, 0.25) is 0 Å². The summed E-state index contributed by atoms with van der Waals surface area (Å²) < 4.78 is 19.7. The molecule has 0 radical (unpaired) electrons. The third kappa shape index (κ3) is 3.47. The smallest absolute Gasteiger partial charge is 0.165 e. The first-order chi connectivity index (χ1) is 9.33. The van der Waals surface area contributed by atoms with Gasteiger partial charge in [0.25, 0.3) is 0 Å². The molecule has 1 unspecified atom stereocenters. The van der Waals surface area contributed by atoms with Crippen molar-refractivity contribution in [2.75, 3.05) is 19.7 Å². The molecule has 104 valence electrons. The van der Waals surface area contributed by atoms with Crippen LogP contribution in [0.25, 0.3) is 0 Å². The molecule has 1 heterocycles. The average molecular weight is 263 g/mol. The predicted octanol–water partition coefficient (Wildman–Crippen LogP) is 3.16. The molecule has 1 saturated carbocycles. The molecule has 1 aliphatic carbocycles. The zero-order valence-electron chi connectivity index (χ0n) is 11.3. The van der Waals surface area contributed by atoms with Gasteiger partial charge in [-0.25, -0.2) is 4.39 Å². The fourth-order valence-electron chi connectivity index (χ4n) is 2.77. The summed E-state index contributed by atoms with van der Waals surface area (Å²) >= 11 is 0. The maximum absolute atomic E-state index is 13.9. The average Bonchev–Trinajstić information content (AvgIpc) is 3.23. The van der Waals surface area contributed by atoms with Crippen molar-refractivity contribution in [1.29, 1.82) is 0 Å². The lowest BCUT2D eigenvalue weighted by Gasteiger charge is -2.23. The molecule has 1 atom stereocenters. The maximum atomic E-state index is 13.9. The Morgan fingerprint density at radius 1 is 1.21 bits per heavy atom. The molecule has 1 N–H and O–H groups in total. The van der Waals surface area contributed by atoms with Crippen molar-refractivity contribution in [2.24, 2.45) is 11.8 Å². The molecule has 3 heteroatoms. The molecule has 3 rings (SSSR count). The SMILES string of the molecule is Fc1cccc(CC2CCCNC2)c1OCC1CC1. The molecular formula is C16H22FNO. The Balaban J connectivity index is 1.68. The number of piperidine rings is 1. The lowest BCUT2D eigenvalue weighted by atomic mass is 9.92. The standard InChI is InChI=1S/C16H22FNO/c17-15-5-1-4-14(9-13-3-2-8-18-10-13)16(15)19-11-12-6-7-12/h1,4-5,12-13,18H,2-3,6-11H2. The van der Waals surface area contributed by atoms with Gasteiger partial charge in [-0.15, -0.1) is 0 Å². The topological polar surface area (TPSA) is 21.3 Å². The van der Waals surface area contributed by atoms with E-state index in [1.54, 1.807) is 6.07 Å². The van der Waals surface area contributed by atoms with Crippen molar-refractivity contribution in [3.8, 4) is 5.75 Å². The van der Waals surface area contributed by atoms with Gasteiger partial charge in [0.05, 0.1) is 6.61 Å². The number of benzene rings is 1. The minimum Gasteiger partial charge on any atom is -0.490 e. The fraction of sp³-hybridized carbons (Fsp3) is 0.625. The minimum absolute atomic E-state index is 0.207. The van der Waals surface area contributed by atoms with E-state index in [9.17, 15) is 4.39 Å². The van der Waals surface area contributed by atoms with Crippen LogP contribution in [0.4, 0.5) is 4.39 Å². The molecule has 0 spiro atoms. The first-order valence-corrected chi connectivity index (χ1v) is 7.44. The van der Waals surface area contributed by atoms with Gasteiger partial charge in [-0.3, -0.25) is 0 Å². The highest BCUT2D eigenvalue weighted by atomic mass is 19.1. The zero-order chi connectivity index (χ0) is 13.1. The van der Waals surface area contributed by atoms with Gasteiger partial charge in [-0.2, -0.15) is 0 Å². The number of rotatable bonds is 5. The molecule has 1 aromatic rings. The molecule has 2 fully saturated rings.